The third-order valence-electron chi connectivity index (χ3n) is 4.18. The average molecular weight is 261 g/mol. The molecule has 3 heteroatoms. The van der Waals surface area contributed by atoms with Gasteiger partial charge in [-0.2, -0.15) is 0 Å². The van der Waals surface area contributed by atoms with Gasteiger partial charge in [0.05, 0.1) is 5.41 Å². The van der Waals surface area contributed by atoms with Gasteiger partial charge >= 0.3 is 5.97 Å². The van der Waals surface area contributed by atoms with E-state index in [9.17, 15) is 9.90 Å². The van der Waals surface area contributed by atoms with Gasteiger partial charge in [0.2, 0.25) is 0 Å². The number of aliphatic carboxylic acids is 1. The van der Waals surface area contributed by atoms with Gasteiger partial charge in [0.15, 0.2) is 0 Å². The van der Waals surface area contributed by atoms with Crippen molar-refractivity contribution in [2.45, 2.75) is 39.2 Å². The van der Waals surface area contributed by atoms with Gasteiger partial charge in [-0.25, -0.2) is 0 Å². The molecule has 0 bridgehead atoms. The first-order chi connectivity index (χ1) is 9.03. The van der Waals surface area contributed by atoms with Gasteiger partial charge in [-0.3, -0.25) is 9.69 Å². The van der Waals surface area contributed by atoms with Crippen LogP contribution in [0.25, 0.3) is 0 Å². The van der Waals surface area contributed by atoms with Crippen molar-refractivity contribution in [2.75, 3.05) is 13.1 Å². The molecule has 3 nitrogen and oxygen atoms in total. The molecule has 1 atom stereocenters. The van der Waals surface area contributed by atoms with E-state index in [0.29, 0.717) is 19.0 Å². The predicted octanol–water partition coefficient (Wildman–Crippen LogP) is 2.80. The molecule has 19 heavy (non-hydrogen) atoms. The van der Waals surface area contributed by atoms with Crippen LogP contribution in [-0.2, 0) is 11.2 Å². The molecule has 1 aliphatic heterocycles. The van der Waals surface area contributed by atoms with E-state index in [-0.39, 0.29) is 0 Å². The first-order valence-electron chi connectivity index (χ1n) is 7.05. The average Bonchev–Trinajstić information content (AvgIpc) is 2.40. The minimum atomic E-state index is -0.651. The molecule has 0 spiro atoms. The van der Waals surface area contributed by atoms with Crippen molar-refractivity contribution in [2.24, 2.45) is 5.41 Å². The summed E-state index contributed by atoms with van der Waals surface area (Å²) in [4.78, 5) is 14.1. The molecule has 0 aromatic heterocycles. The normalized spacial score (nSPS) is 24.6. The molecule has 0 amide bonds. The number of nitrogens with zero attached hydrogens (tertiary/aromatic N) is 1. The number of hydrogen-bond acceptors (Lipinski definition) is 2. The van der Waals surface area contributed by atoms with E-state index >= 15 is 0 Å². The molecule has 2 rings (SSSR count). The van der Waals surface area contributed by atoms with Crippen LogP contribution in [-0.4, -0.2) is 35.1 Å². The lowest BCUT2D eigenvalue weighted by molar-refractivity contribution is -0.153. The van der Waals surface area contributed by atoms with Crippen LogP contribution in [0.2, 0.25) is 0 Å². The van der Waals surface area contributed by atoms with Crippen molar-refractivity contribution in [3.05, 3.63) is 35.9 Å². The quantitative estimate of drug-likeness (QED) is 0.906. The summed E-state index contributed by atoms with van der Waals surface area (Å²) < 4.78 is 0. The second-order valence-corrected chi connectivity index (χ2v) is 5.92. The Morgan fingerprint density at radius 3 is 2.63 bits per heavy atom. The summed E-state index contributed by atoms with van der Waals surface area (Å²) in [5.41, 5.74) is 0.500. The van der Waals surface area contributed by atoms with Crippen LogP contribution in [0.4, 0.5) is 0 Å². The first-order valence-corrected chi connectivity index (χ1v) is 7.05. The van der Waals surface area contributed by atoms with E-state index in [1.807, 2.05) is 30.3 Å². The lowest BCUT2D eigenvalue weighted by Crippen LogP contribution is -2.51. The summed E-state index contributed by atoms with van der Waals surface area (Å²) in [6.07, 6.45) is 2.38. The molecule has 1 fully saturated rings. The Bertz CT molecular complexity index is 430. The standard InChI is InChI=1S/C16H23NO2/c1-13(2)17-10-6-9-16(12-17,15(18)19)11-14-7-4-3-5-8-14/h3-5,7-8,13H,6,9-12H2,1-2H3,(H,18,19). The molecule has 1 aromatic rings. The second kappa shape index (κ2) is 5.74. The Labute approximate surface area is 115 Å². The van der Waals surface area contributed by atoms with Crippen LogP contribution in [0.1, 0.15) is 32.3 Å². The van der Waals surface area contributed by atoms with Gasteiger partial charge in [0.25, 0.3) is 0 Å². The van der Waals surface area contributed by atoms with Crippen LogP contribution in [0, 0.1) is 5.41 Å². The van der Waals surface area contributed by atoms with Crippen molar-refractivity contribution in [3.8, 4) is 0 Å². The predicted molar refractivity (Wildman–Crippen MR) is 76.2 cm³/mol. The van der Waals surface area contributed by atoms with E-state index in [2.05, 4.69) is 18.7 Å². The molecule has 1 aromatic carbocycles. The highest BCUT2D eigenvalue weighted by atomic mass is 16.4. The molecule has 1 aliphatic rings. The SMILES string of the molecule is CC(C)N1CCCC(Cc2ccccc2)(C(=O)O)C1. The Hall–Kier alpha value is -1.35. The van der Waals surface area contributed by atoms with Crippen molar-refractivity contribution in [3.63, 3.8) is 0 Å². The smallest absolute Gasteiger partial charge is 0.311 e. The number of hydrogen-bond donors (Lipinski definition) is 1. The van der Waals surface area contributed by atoms with Gasteiger partial charge < -0.3 is 5.11 Å². The number of benzene rings is 1. The maximum absolute atomic E-state index is 11.8. The zero-order valence-electron chi connectivity index (χ0n) is 11.8. The fourth-order valence-electron chi connectivity index (χ4n) is 2.99. The lowest BCUT2D eigenvalue weighted by atomic mass is 9.75. The largest absolute Gasteiger partial charge is 0.481 e. The lowest BCUT2D eigenvalue weighted by Gasteiger charge is -2.42. The number of likely N-dealkylation sites (tertiary alicyclic amines) is 1. The summed E-state index contributed by atoms with van der Waals surface area (Å²) in [5, 5.41) is 9.72. The Morgan fingerprint density at radius 2 is 2.05 bits per heavy atom. The molecule has 0 saturated carbocycles. The molecular weight excluding hydrogens is 238 g/mol. The number of carboxylic acids is 1. The van der Waals surface area contributed by atoms with E-state index in [0.717, 1.165) is 24.9 Å². The molecule has 1 heterocycles. The summed E-state index contributed by atoms with van der Waals surface area (Å²) in [7, 11) is 0. The number of carbonyl (C=O) groups is 1. The molecule has 0 aliphatic carbocycles. The fourth-order valence-corrected chi connectivity index (χ4v) is 2.99. The third-order valence-corrected chi connectivity index (χ3v) is 4.18. The van der Waals surface area contributed by atoms with Gasteiger partial charge in [-0.15, -0.1) is 0 Å². The number of carboxylic acid groups (broad SMARTS) is 1. The Kier molecular flexibility index (Phi) is 4.25. The first kappa shape index (κ1) is 14.1. The summed E-state index contributed by atoms with van der Waals surface area (Å²) in [6.45, 7) is 5.96. The highest BCUT2D eigenvalue weighted by Gasteiger charge is 2.42. The number of piperidine rings is 1. The molecule has 0 radical (unpaired) electrons. The molecule has 1 saturated heterocycles. The van der Waals surface area contributed by atoms with Crippen molar-refractivity contribution < 1.29 is 9.90 Å². The number of rotatable bonds is 4. The molecule has 104 valence electrons. The van der Waals surface area contributed by atoms with Crippen LogP contribution >= 0.6 is 0 Å². The van der Waals surface area contributed by atoms with Crippen molar-refractivity contribution in [1.82, 2.24) is 4.90 Å². The van der Waals surface area contributed by atoms with E-state index in [4.69, 9.17) is 0 Å². The second-order valence-electron chi connectivity index (χ2n) is 5.92. The van der Waals surface area contributed by atoms with Crippen LogP contribution in [0.15, 0.2) is 30.3 Å². The third kappa shape index (κ3) is 3.16. The summed E-state index contributed by atoms with van der Waals surface area (Å²) in [5.74, 6) is -0.651. The van der Waals surface area contributed by atoms with Gasteiger partial charge in [-0.05, 0) is 45.2 Å². The molecular formula is C16H23NO2. The highest BCUT2D eigenvalue weighted by Crippen LogP contribution is 2.34. The minimum Gasteiger partial charge on any atom is -0.481 e. The van der Waals surface area contributed by atoms with Gasteiger partial charge in [-0.1, -0.05) is 30.3 Å². The summed E-state index contributed by atoms with van der Waals surface area (Å²) in [6, 6.07) is 10.4. The maximum Gasteiger partial charge on any atom is 0.311 e. The van der Waals surface area contributed by atoms with Crippen molar-refractivity contribution in [1.29, 1.82) is 0 Å². The van der Waals surface area contributed by atoms with E-state index in [1.54, 1.807) is 0 Å². The Balaban J connectivity index is 2.20. The van der Waals surface area contributed by atoms with Crippen LogP contribution in [0.3, 0.4) is 0 Å². The zero-order valence-corrected chi connectivity index (χ0v) is 11.8. The van der Waals surface area contributed by atoms with Crippen molar-refractivity contribution >= 4 is 5.97 Å². The van der Waals surface area contributed by atoms with Crippen LogP contribution in [0.5, 0.6) is 0 Å². The maximum atomic E-state index is 11.8. The molecule has 1 N–H and O–H groups in total. The highest BCUT2D eigenvalue weighted by molar-refractivity contribution is 5.75. The Morgan fingerprint density at radius 1 is 1.37 bits per heavy atom. The fraction of sp³-hybridized carbons (Fsp3) is 0.562. The minimum absolute atomic E-state index is 0.412. The monoisotopic (exact) mass is 261 g/mol. The topological polar surface area (TPSA) is 40.5 Å². The van der Waals surface area contributed by atoms with Crippen LogP contribution < -0.4 is 0 Å². The summed E-state index contributed by atoms with van der Waals surface area (Å²) >= 11 is 0. The van der Waals surface area contributed by atoms with E-state index in [1.165, 1.54) is 0 Å². The van der Waals surface area contributed by atoms with E-state index < -0.39 is 11.4 Å². The van der Waals surface area contributed by atoms with Gasteiger partial charge in [0, 0.05) is 12.6 Å². The van der Waals surface area contributed by atoms with Gasteiger partial charge in [0.1, 0.15) is 0 Å². The molecule has 1 unspecified atom stereocenters. The zero-order chi connectivity index (χ0) is 13.9.